The van der Waals surface area contributed by atoms with Crippen LogP contribution in [-0.2, 0) is 4.79 Å². The lowest BCUT2D eigenvalue weighted by Crippen LogP contribution is -2.32. The summed E-state index contributed by atoms with van der Waals surface area (Å²) in [5.41, 5.74) is 0.701. The van der Waals surface area contributed by atoms with Crippen molar-refractivity contribution in [2.45, 2.75) is 29.2 Å². The SMILES string of the molecule is CC[C@@H](Oc1ccccc1F)C(=O)Nc1ccccc1Sc1ccccc1. The number of rotatable bonds is 7. The van der Waals surface area contributed by atoms with Gasteiger partial charge in [-0.15, -0.1) is 0 Å². The molecular weight excluding hydrogens is 361 g/mol. The van der Waals surface area contributed by atoms with Crippen molar-refractivity contribution < 1.29 is 13.9 Å². The highest BCUT2D eigenvalue weighted by atomic mass is 32.2. The number of hydrogen-bond acceptors (Lipinski definition) is 3. The summed E-state index contributed by atoms with van der Waals surface area (Å²) in [4.78, 5) is 14.7. The minimum Gasteiger partial charge on any atom is -0.478 e. The summed E-state index contributed by atoms with van der Waals surface area (Å²) < 4.78 is 19.4. The Kier molecular flexibility index (Phi) is 6.49. The Morgan fingerprint density at radius 1 is 1.00 bits per heavy atom. The molecule has 0 aliphatic carbocycles. The minimum absolute atomic E-state index is 0.0754. The first-order valence-corrected chi connectivity index (χ1v) is 9.53. The number of carbonyl (C=O) groups excluding carboxylic acids is 1. The van der Waals surface area contributed by atoms with E-state index in [1.54, 1.807) is 23.9 Å². The molecule has 0 saturated carbocycles. The highest BCUT2D eigenvalue weighted by Crippen LogP contribution is 2.33. The molecule has 1 amide bonds. The molecule has 0 radical (unpaired) electrons. The maximum atomic E-state index is 13.8. The number of ether oxygens (including phenoxy) is 1. The average molecular weight is 381 g/mol. The summed E-state index contributed by atoms with van der Waals surface area (Å²) in [6.45, 7) is 1.83. The van der Waals surface area contributed by atoms with E-state index in [0.29, 0.717) is 12.1 Å². The molecular formula is C22H20FNO2S. The molecule has 3 aromatic carbocycles. The Morgan fingerprint density at radius 3 is 2.41 bits per heavy atom. The molecule has 1 atom stereocenters. The van der Waals surface area contributed by atoms with E-state index >= 15 is 0 Å². The van der Waals surface area contributed by atoms with E-state index in [1.807, 2.05) is 61.5 Å². The second kappa shape index (κ2) is 9.24. The molecule has 0 aliphatic heterocycles. The lowest BCUT2D eigenvalue weighted by molar-refractivity contribution is -0.122. The zero-order valence-corrected chi connectivity index (χ0v) is 15.7. The number of benzene rings is 3. The normalized spacial score (nSPS) is 11.6. The van der Waals surface area contributed by atoms with Crippen molar-refractivity contribution in [1.29, 1.82) is 0 Å². The van der Waals surface area contributed by atoms with Gasteiger partial charge in [-0.1, -0.05) is 61.2 Å². The first-order chi connectivity index (χ1) is 13.2. The molecule has 5 heteroatoms. The van der Waals surface area contributed by atoms with Crippen LogP contribution in [0.5, 0.6) is 5.75 Å². The maximum Gasteiger partial charge on any atom is 0.265 e. The van der Waals surface area contributed by atoms with Gasteiger partial charge in [-0.3, -0.25) is 4.79 Å². The average Bonchev–Trinajstić information content (AvgIpc) is 2.69. The predicted octanol–water partition coefficient (Wildman–Crippen LogP) is 5.77. The largest absolute Gasteiger partial charge is 0.478 e. The lowest BCUT2D eigenvalue weighted by atomic mass is 10.2. The van der Waals surface area contributed by atoms with Crippen LogP contribution in [0.2, 0.25) is 0 Å². The van der Waals surface area contributed by atoms with Gasteiger partial charge in [0.15, 0.2) is 17.7 Å². The Balaban J connectivity index is 1.74. The predicted molar refractivity (Wildman–Crippen MR) is 107 cm³/mol. The van der Waals surface area contributed by atoms with E-state index in [0.717, 1.165) is 9.79 Å². The van der Waals surface area contributed by atoms with E-state index in [9.17, 15) is 9.18 Å². The first kappa shape index (κ1) is 19.0. The van der Waals surface area contributed by atoms with Gasteiger partial charge in [0, 0.05) is 9.79 Å². The van der Waals surface area contributed by atoms with Crippen LogP contribution >= 0.6 is 11.8 Å². The number of nitrogens with one attached hydrogen (secondary N) is 1. The van der Waals surface area contributed by atoms with E-state index < -0.39 is 11.9 Å². The Labute approximate surface area is 162 Å². The fourth-order valence-electron chi connectivity index (χ4n) is 2.50. The van der Waals surface area contributed by atoms with Crippen LogP contribution in [0, 0.1) is 5.82 Å². The molecule has 0 fully saturated rings. The molecule has 0 aliphatic rings. The molecule has 3 rings (SSSR count). The third kappa shape index (κ3) is 5.11. The fraction of sp³-hybridized carbons (Fsp3) is 0.136. The van der Waals surface area contributed by atoms with Crippen molar-refractivity contribution in [3.05, 3.63) is 84.7 Å². The molecule has 1 N–H and O–H groups in total. The molecule has 0 aromatic heterocycles. The zero-order chi connectivity index (χ0) is 19.1. The number of anilines is 1. The van der Waals surface area contributed by atoms with Crippen LogP contribution in [-0.4, -0.2) is 12.0 Å². The van der Waals surface area contributed by atoms with E-state index in [2.05, 4.69) is 5.32 Å². The molecule has 3 nitrogen and oxygen atoms in total. The Hall–Kier alpha value is -2.79. The van der Waals surface area contributed by atoms with Crippen molar-refractivity contribution in [3.63, 3.8) is 0 Å². The number of halogens is 1. The summed E-state index contributed by atoms with van der Waals surface area (Å²) in [6, 6.07) is 23.6. The summed E-state index contributed by atoms with van der Waals surface area (Å²) in [5.74, 6) is -0.711. The molecule has 3 aromatic rings. The second-order valence-electron chi connectivity index (χ2n) is 5.85. The van der Waals surface area contributed by atoms with Crippen LogP contribution in [0.1, 0.15) is 13.3 Å². The van der Waals surface area contributed by atoms with E-state index in [4.69, 9.17) is 4.74 Å². The number of para-hydroxylation sites is 2. The fourth-order valence-corrected chi connectivity index (χ4v) is 3.43. The summed E-state index contributed by atoms with van der Waals surface area (Å²) in [5, 5.41) is 2.91. The van der Waals surface area contributed by atoms with Crippen molar-refractivity contribution in [2.75, 3.05) is 5.32 Å². The van der Waals surface area contributed by atoms with Crippen LogP contribution in [0.3, 0.4) is 0 Å². The molecule has 27 heavy (non-hydrogen) atoms. The Bertz CT molecular complexity index is 902. The van der Waals surface area contributed by atoms with Crippen molar-refractivity contribution in [2.24, 2.45) is 0 Å². The number of carbonyl (C=O) groups is 1. The van der Waals surface area contributed by atoms with Crippen LogP contribution < -0.4 is 10.1 Å². The van der Waals surface area contributed by atoms with Crippen molar-refractivity contribution >= 4 is 23.4 Å². The maximum absolute atomic E-state index is 13.8. The van der Waals surface area contributed by atoms with Gasteiger partial charge in [-0.25, -0.2) is 4.39 Å². The van der Waals surface area contributed by atoms with Gasteiger partial charge in [-0.2, -0.15) is 0 Å². The van der Waals surface area contributed by atoms with Crippen LogP contribution in [0.15, 0.2) is 88.7 Å². The summed E-state index contributed by atoms with van der Waals surface area (Å²) >= 11 is 1.57. The molecule has 0 saturated heterocycles. The van der Waals surface area contributed by atoms with Crippen LogP contribution in [0.25, 0.3) is 0 Å². The highest BCUT2D eigenvalue weighted by molar-refractivity contribution is 7.99. The topological polar surface area (TPSA) is 38.3 Å². The van der Waals surface area contributed by atoms with Gasteiger partial charge in [0.25, 0.3) is 5.91 Å². The highest BCUT2D eigenvalue weighted by Gasteiger charge is 2.21. The molecule has 0 spiro atoms. The lowest BCUT2D eigenvalue weighted by Gasteiger charge is -2.18. The third-order valence-corrected chi connectivity index (χ3v) is 4.97. The van der Waals surface area contributed by atoms with Crippen molar-refractivity contribution in [1.82, 2.24) is 0 Å². The van der Waals surface area contributed by atoms with E-state index in [-0.39, 0.29) is 11.7 Å². The summed E-state index contributed by atoms with van der Waals surface area (Å²) in [6.07, 6.45) is -0.356. The van der Waals surface area contributed by atoms with Crippen molar-refractivity contribution in [3.8, 4) is 5.75 Å². The van der Waals surface area contributed by atoms with Gasteiger partial charge >= 0.3 is 0 Å². The van der Waals surface area contributed by atoms with Gasteiger partial charge < -0.3 is 10.1 Å². The third-order valence-electron chi connectivity index (χ3n) is 3.89. The summed E-state index contributed by atoms with van der Waals surface area (Å²) in [7, 11) is 0. The van der Waals surface area contributed by atoms with Gasteiger partial charge in [-0.05, 0) is 42.8 Å². The quantitative estimate of drug-likeness (QED) is 0.564. The number of hydrogen-bond donors (Lipinski definition) is 1. The molecule has 0 heterocycles. The second-order valence-corrected chi connectivity index (χ2v) is 6.96. The molecule has 0 unspecified atom stereocenters. The van der Waals surface area contributed by atoms with Gasteiger partial charge in [0.2, 0.25) is 0 Å². The van der Waals surface area contributed by atoms with Gasteiger partial charge in [0.05, 0.1) is 5.69 Å². The monoisotopic (exact) mass is 381 g/mol. The van der Waals surface area contributed by atoms with E-state index in [1.165, 1.54) is 12.1 Å². The smallest absolute Gasteiger partial charge is 0.265 e. The molecule has 0 bridgehead atoms. The first-order valence-electron chi connectivity index (χ1n) is 8.71. The Morgan fingerprint density at radius 2 is 1.67 bits per heavy atom. The standard InChI is InChI=1S/C22H20FNO2S/c1-2-19(26-20-14-8-6-12-17(20)23)22(25)24-18-13-7-9-15-21(18)27-16-10-4-3-5-11-16/h3-15,19H,2H2,1H3,(H,24,25)/t19-/m1/s1. The number of amides is 1. The molecule has 138 valence electrons. The van der Waals surface area contributed by atoms with Gasteiger partial charge in [0.1, 0.15) is 0 Å². The minimum atomic E-state index is -0.781. The zero-order valence-electron chi connectivity index (χ0n) is 14.9. The van der Waals surface area contributed by atoms with Crippen LogP contribution in [0.4, 0.5) is 10.1 Å².